The number of likely N-dealkylation sites (tertiary alicyclic amines) is 2. The molecule has 0 spiro atoms. The van der Waals surface area contributed by atoms with Gasteiger partial charge in [0.2, 0.25) is 0 Å². The van der Waals surface area contributed by atoms with E-state index in [1.54, 1.807) is 6.20 Å². The Kier molecular flexibility index (Phi) is 5.76. The lowest BCUT2D eigenvalue weighted by Crippen LogP contribution is -2.46. The van der Waals surface area contributed by atoms with Crippen LogP contribution in [0.5, 0.6) is 0 Å². The fraction of sp³-hybridized carbons (Fsp3) is 0.778. The number of piperidine rings is 2. The average Bonchev–Trinajstić information content (AvgIpc) is 3.05. The Morgan fingerprint density at radius 3 is 2.79 bits per heavy atom. The van der Waals surface area contributed by atoms with Gasteiger partial charge in [0.1, 0.15) is 0 Å². The molecule has 24 heavy (non-hydrogen) atoms. The number of aromatic nitrogens is 2. The molecule has 2 fully saturated rings. The van der Waals surface area contributed by atoms with Crippen molar-refractivity contribution in [2.45, 2.75) is 46.1 Å². The monoisotopic (exact) mass is 333 g/mol. The van der Waals surface area contributed by atoms with Crippen LogP contribution in [-0.2, 0) is 6.54 Å². The maximum absolute atomic E-state index is 12.5. The van der Waals surface area contributed by atoms with E-state index in [0.717, 1.165) is 44.2 Å². The zero-order chi connectivity index (χ0) is 16.9. The molecule has 1 atom stereocenters. The molecule has 2 amide bonds. The highest BCUT2D eigenvalue weighted by atomic mass is 16.2. The molecule has 0 aromatic carbocycles. The molecule has 134 valence electrons. The molecular formula is C18H31N5O. The highest BCUT2D eigenvalue weighted by Crippen LogP contribution is 2.22. The predicted octanol–water partition coefficient (Wildman–Crippen LogP) is 2.88. The molecule has 0 aliphatic carbocycles. The van der Waals surface area contributed by atoms with Crippen LogP contribution in [0.2, 0.25) is 0 Å². The Labute approximate surface area is 145 Å². The largest absolute Gasteiger partial charge is 0.324 e. The molecule has 6 nitrogen and oxygen atoms in total. The lowest BCUT2D eigenvalue weighted by atomic mass is 9.94. The Morgan fingerprint density at radius 1 is 1.29 bits per heavy atom. The lowest BCUT2D eigenvalue weighted by Gasteiger charge is -2.37. The van der Waals surface area contributed by atoms with Crippen LogP contribution < -0.4 is 5.32 Å². The summed E-state index contributed by atoms with van der Waals surface area (Å²) in [6.45, 7) is 10.5. The topological polar surface area (TPSA) is 53.4 Å². The number of anilines is 1. The molecule has 0 saturated carbocycles. The van der Waals surface area contributed by atoms with Gasteiger partial charge in [-0.2, -0.15) is 5.10 Å². The van der Waals surface area contributed by atoms with E-state index < -0.39 is 0 Å². The first-order chi connectivity index (χ1) is 11.6. The van der Waals surface area contributed by atoms with E-state index in [1.807, 2.05) is 22.7 Å². The molecule has 0 bridgehead atoms. The molecule has 2 saturated heterocycles. The smallest absolute Gasteiger partial charge is 0.321 e. The first-order valence-corrected chi connectivity index (χ1v) is 9.44. The molecule has 3 heterocycles. The Bertz CT molecular complexity index is 535. The molecule has 6 heteroatoms. The molecule has 3 rings (SSSR count). The summed E-state index contributed by atoms with van der Waals surface area (Å²) in [5, 5.41) is 7.19. The van der Waals surface area contributed by atoms with Gasteiger partial charge in [0, 0.05) is 32.4 Å². The number of carbonyl (C=O) groups excluding carboxylic acids is 1. The standard InChI is InChI=1S/C18H31N5O/c1-3-23-14-17(11-19-23)20-18(24)22-8-4-5-16(13-22)12-21-9-6-15(2)7-10-21/h11,14-16H,3-10,12-13H2,1-2H3,(H,20,24). The lowest BCUT2D eigenvalue weighted by molar-refractivity contribution is 0.124. The summed E-state index contributed by atoms with van der Waals surface area (Å²) in [6, 6.07) is 0.0163. The van der Waals surface area contributed by atoms with Crippen molar-refractivity contribution in [1.82, 2.24) is 19.6 Å². The van der Waals surface area contributed by atoms with E-state index in [0.29, 0.717) is 5.92 Å². The molecule has 1 aromatic rings. The van der Waals surface area contributed by atoms with Gasteiger partial charge in [0.15, 0.2) is 0 Å². The molecule has 1 N–H and O–H groups in total. The van der Waals surface area contributed by atoms with Gasteiger partial charge in [-0.3, -0.25) is 4.68 Å². The van der Waals surface area contributed by atoms with Gasteiger partial charge < -0.3 is 15.1 Å². The van der Waals surface area contributed by atoms with E-state index in [2.05, 4.69) is 22.2 Å². The van der Waals surface area contributed by atoms with Crippen molar-refractivity contribution in [2.24, 2.45) is 11.8 Å². The Morgan fingerprint density at radius 2 is 2.08 bits per heavy atom. The van der Waals surface area contributed by atoms with E-state index in [1.165, 1.54) is 32.4 Å². The minimum Gasteiger partial charge on any atom is -0.324 e. The fourth-order valence-electron chi connectivity index (χ4n) is 3.81. The zero-order valence-corrected chi connectivity index (χ0v) is 15.1. The van der Waals surface area contributed by atoms with Gasteiger partial charge >= 0.3 is 6.03 Å². The summed E-state index contributed by atoms with van der Waals surface area (Å²) in [6.07, 6.45) is 8.59. The van der Waals surface area contributed by atoms with Gasteiger partial charge in [0.05, 0.1) is 11.9 Å². The zero-order valence-electron chi connectivity index (χ0n) is 15.1. The fourth-order valence-corrected chi connectivity index (χ4v) is 3.81. The first kappa shape index (κ1) is 17.3. The summed E-state index contributed by atoms with van der Waals surface area (Å²) in [4.78, 5) is 17.1. The van der Waals surface area contributed by atoms with E-state index in [-0.39, 0.29) is 6.03 Å². The van der Waals surface area contributed by atoms with Crippen molar-refractivity contribution in [3.8, 4) is 0 Å². The van der Waals surface area contributed by atoms with E-state index in [4.69, 9.17) is 0 Å². The second kappa shape index (κ2) is 8.01. The molecular weight excluding hydrogens is 302 g/mol. The quantitative estimate of drug-likeness (QED) is 0.922. The predicted molar refractivity (Wildman–Crippen MR) is 96.1 cm³/mol. The number of nitrogens with zero attached hydrogens (tertiary/aromatic N) is 4. The van der Waals surface area contributed by atoms with Crippen molar-refractivity contribution in [3.63, 3.8) is 0 Å². The summed E-state index contributed by atoms with van der Waals surface area (Å²) >= 11 is 0. The number of hydrogen-bond acceptors (Lipinski definition) is 3. The number of aryl methyl sites for hydroxylation is 1. The summed E-state index contributed by atoms with van der Waals surface area (Å²) in [7, 11) is 0. The van der Waals surface area contributed by atoms with Crippen molar-refractivity contribution in [1.29, 1.82) is 0 Å². The van der Waals surface area contributed by atoms with Crippen LogP contribution in [0.3, 0.4) is 0 Å². The number of carbonyl (C=O) groups is 1. The van der Waals surface area contributed by atoms with Crippen LogP contribution >= 0.6 is 0 Å². The van der Waals surface area contributed by atoms with Crippen LogP contribution in [0, 0.1) is 11.8 Å². The second-order valence-corrected chi connectivity index (χ2v) is 7.45. The molecule has 0 radical (unpaired) electrons. The van der Waals surface area contributed by atoms with Gasteiger partial charge in [0.25, 0.3) is 0 Å². The minimum absolute atomic E-state index is 0.0163. The van der Waals surface area contributed by atoms with Gasteiger partial charge in [-0.25, -0.2) is 4.79 Å². The van der Waals surface area contributed by atoms with Crippen LogP contribution in [0.4, 0.5) is 10.5 Å². The van der Waals surface area contributed by atoms with Crippen LogP contribution in [0.25, 0.3) is 0 Å². The third-order valence-corrected chi connectivity index (χ3v) is 5.41. The van der Waals surface area contributed by atoms with E-state index in [9.17, 15) is 4.79 Å². The van der Waals surface area contributed by atoms with Crippen molar-refractivity contribution < 1.29 is 4.79 Å². The maximum Gasteiger partial charge on any atom is 0.321 e. The summed E-state index contributed by atoms with van der Waals surface area (Å²) in [5.41, 5.74) is 0.786. The van der Waals surface area contributed by atoms with Crippen LogP contribution in [0.15, 0.2) is 12.4 Å². The normalized spacial score (nSPS) is 23.4. The summed E-state index contributed by atoms with van der Waals surface area (Å²) in [5.74, 6) is 1.48. The summed E-state index contributed by atoms with van der Waals surface area (Å²) < 4.78 is 1.83. The number of amides is 2. The SMILES string of the molecule is CCn1cc(NC(=O)N2CCCC(CN3CCC(C)CC3)C2)cn1. The Hall–Kier alpha value is -1.56. The number of rotatable bonds is 4. The minimum atomic E-state index is 0.0163. The third kappa shape index (κ3) is 4.50. The van der Waals surface area contributed by atoms with Crippen LogP contribution in [0.1, 0.15) is 39.5 Å². The number of urea groups is 1. The molecule has 1 aromatic heterocycles. The Balaban J connectivity index is 1.48. The number of hydrogen-bond donors (Lipinski definition) is 1. The van der Waals surface area contributed by atoms with Gasteiger partial charge in [-0.1, -0.05) is 6.92 Å². The van der Waals surface area contributed by atoms with Gasteiger partial charge in [-0.05, 0) is 57.5 Å². The highest BCUT2D eigenvalue weighted by Gasteiger charge is 2.26. The van der Waals surface area contributed by atoms with Crippen molar-refractivity contribution in [2.75, 3.05) is 38.0 Å². The average molecular weight is 333 g/mol. The van der Waals surface area contributed by atoms with Crippen LogP contribution in [-0.4, -0.2) is 58.3 Å². The third-order valence-electron chi connectivity index (χ3n) is 5.41. The molecule has 1 unspecified atom stereocenters. The van der Waals surface area contributed by atoms with Gasteiger partial charge in [-0.15, -0.1) is 0 Å². The highest BCUT2D eigenvalue weighted by molar-refractivity contribution is 5.89. The first-order valence-electron chi connectivity index (χ1n) is 9.44. The maximum atomic E-state index is 12.5. The number of nitrogens with one attached hydrogen (secondary N) is 1. The molecule has 2 aliphatic heterocycles. The van der Waals surface area contributed by atoms with Crippen molar-refractivity contribution in [3.05, 3.63) is 12.4 Å². The van der Waals surface area contributed by atoms with Crippen molar-refractivity contribution >= 4 is 11.7 Å². The second-order valence-electron chi connectivity index (χ2n) is 7.45. The van der Waals surface area contributed by atoms with E-state index >= 15 is 0 Å². The molecule has 2 aliphatic rings.